The molecule has 5 heterocycles. The zero-order chi connectivity index (χ0) is 57.3. The van der Waals surface area contributed by atoms with Crippen LogP contribution in [-0.4, -0.2) is 136 Å². The van der Waals surface area contributed by atoms with E-state index in [-0.39, 0.29) is 68.8 Å². The monoisotopic (exact) mass is 1110 g/mol. The van der Waals surface area contributed by atoms with Gasteiger partial charge in [0.1, 0.15) is 24.4 Å². The third kappa shape index (κ3) is 14.4. The number of pyridine rings is 1. The summed E-state index contributed by atoms with van der Waals surface area (Å²) in [6.45, 7) is 20.1. The van der Waals surface area contributed by atoms with Gasteiger partial charge in [0.25, 0.3) is 11.5 Å². The van der Waals surface area contributed by atoms with E-state index in [1.807, 2.05) is 128 Å². The number of carbonyl (C=O) groups is 4. The number of hydrogen-bond acceptors (Lipinski definition) is 14. The Kier molecular flexibility index (Phi) is 19.5. The van der Waals surface area contributed by atoms with Gasteiger partial charge in [-0.2, -0.15) is 0 Å². The van der Waals surface area contributed by atoms with Crippen molar-refractivity contribution in [2.24, 2.45) is 5.41 Å². The highest BCUT2D eigenvalue weighted by atomic mass is 32.1. The molecule has 0 aliphatic carbocycles. The normalized spacial score (nSPS) is 16.6. The average molecular weight is 1110 g/mol. The number of likely N-dealkylation sites (tertiary alicyclic amines) is 1. The van der Waals surface area contributed by atoms with Crippen LogP contribution in [0.4, 0.5) is 5.69 Å². The quantitative estimate of drug-likeness (QED) is 0.0432. The lowest BCUT2D eigenvalue weighted by molar-refractivity contribution is -0.144. The molecule has 80 heavy (non-hydrogen) atoms. The minimum atomic E-state index is -0.995. The summed E-state index contributed by atoms with van der Waals surface area (Å²) in [6.07, 6.45) is 2.81. The summed E-state index contributed by atoms with van der Waals surface area (Å²) in [7, 11) is 0. The number of nitrogens with one attached hydrogen (secondary N) is 4. The molecule has 2 fully saturated rings. The van der Waals surface area contributed by atoms with Crippen LogP contribution in [0.25, 0.3) is 32.8 Å². The molecule has 6 aromatic rings. The van der Waals surface area contributed by atoms with Gasteiger partial charge in [-0.25, -0.2) is 9.67 Å². The fourth-order valence-electron chi connectivity index (χ4n) is 10.5. The third-order valence-corrected chi connectivity index (χ3v) is 16.0. The van der Waals surface area contributed by atoms with Gasteiger partial charge in [0.2, 0.25) is 17.7 Å². The number of benzene rings is 3. The maximum atomic E-state index is 14.1. The fourth-order valence-corrected chi connectivity index (χ4v) is 11.3. The number of rotatable bonds is 22. The van der Waals surface area contributed by atoms with Gasteiger partial charge in [-0.3, -0.25) is 24.0 Å². The van der Waals surface area contributed by atoms with E-state index in [1.54, 1.807) is 16.0 Å². The number of aliphatic hydroxyl groups excluding tert-OH is 1. The van der Waals surface area contributed by atoms with Crippen LogP contribution in [-0.2, 0) is 41.7 Å². The van der Waals surface area contributed by atoms with E-state index in [9.17, 15) is 29.1 Å². The number of carbonyl (C=O) groups excluding carboxylic acids is 4. The van der Waals surface area contributed by atoms with Gasteiger partial charge < -0.3 is 50.1 Å². The van der Waals surface area contributed by atoms with E-state index >= 15 is 0 Å². The van der Waals surface area contributed by atoms with Crippen LogP contribution in [0.15, 0.2) is 83.2 Å². The Morgan fingerprint density at radius 2 is 1.61 bits per heavy atom. The lowest BCUT2D eigenvalue weighted by atomic mass is 9.85. The summed E-state index contributed by atoms with van der Waals surface area (Å²) in [5, 5.41) is 28.3. The first-order valence-electron chi connectivity index (χ1n) is 27.5. The van der Waals surface area contributed by atoms with Gasteiger partial charge in [-0.15, -0.1) is 16.4 Å². The topological polar surface area (TPSA) is 235 Å². The molecule has 0 spiro atoms. The van der Waals surface area contributed by atoms with Crippen LogP contribution >= 0.6 is 11.3 Å². The molecule has 4 atom stereocenters. The molecule has 5 N–H and O–H groups in total. The summed E-state index contributed by atoms with van der Waals surface area (Å²) in [6, 6.07) is 19.9. The van der Waals surface area contributed by atoms with E-state index in [0.717, 1.165) is 80.3 Å². The second-order valence-corrected chi connectivity index (χ2v) is 22.8. The standard InChI is InChI=1S/C60H76N10O9S/c1-10-69(46-19-22-77-23-20-46)51-29-45(28-48(38(51)4)56(73)61-31-49-36(2)27-37(3)63-57(49)74)42-13-15-43(16-14-42)50-33-68(67-66-50)21-24-78-25-26-79-34-53(72)65-55(60(7,8)9)59(76)70-32-47(71)30-52(70)58(75)64-39(5)41-11-17-44(18-12-41)54-40(6)62-35-80-54/h11-18,27-29,33,35,39,46-47,52,55,71H,10,19-26,30-32,34H2,1-9H3,(H,61,73)(H,63,74)(H,64,75)(H,65,72)/t39-,47+,52-,55+/m0/s1. The molecule has 0 saturated carbocycles. The van der Waals surface area contributed by atoms with Crippen LogP contribution < -0.4 is 26.4 Å². The average Bonchev–Trinajstić information content (AvgIpc) is 4.22. The largest absolute Gasteiger partial charge is 0.391 e. The molecule has 8 rings (SSSR count). The molecule has 4 amide bonds. The summed E-state index contributed by atoms with van der Waals surface area (Å²) < 4.78 is 18.8. The number of aliphatic hydroxyl groups is 1. The van der Waals surface area contributed by atoms with Gasteiger partial charge in [0, 0.05) is 73.4 Å². The van der Waals surface area contributed by atoms with E-state index in [4.69, 9.17) is 14.2 Å². The van der Waals surface area contributed by atoms with Crippen molar-refractivity contribution in [2.75, 3.05) is 57.6 Å². The van der Waals surface area contributed by atoms with E-state index in [0.29, 0.717) is 43.2 Å². The third-order valence-electron chi connectivity index (χ3n) is 15.0. The number of aromatic amines is 1. The number of nitrogens with zero attached hydrogens (tertiary/aromatic N) is 6. The van der Waals surface area contributed by atoms with Gasteiger partial charge >= 0.3 is 0 Å². The number of anilines is 1. The molecule has 20 heteroatoms. The number of amides is 4. The number of hydrogen-bond donors (Lipinski definition) is 5. The summed E-state index contributed by atoms with van der Waals surface area (Å²) >= 11 is 1.57. The molecule has 0 radical (unpaired) electrons. The lowest BCUT2D eigenvalue weighted by Crippen LogP contribution is -2.58. The minimum Gasteiger partial charge on any atom is -0.391 e. The zero-order valence-corrected chi connectivity index (χ0v) is 48.2. The molecule has 3 aromatic heterocycles. The molecule has 2 aliphatic rings. The Hall–Kier alpha value is -7.10. The van der Waals surface area contributed by atoms with Gasteiger partial charge in [-0.1, -0.05) is 74.5 Å². The first-order chi connectivity index (χ1) is 38.3. The first-order valence-corrected chi connectivity index (χ1v) is 28.4. The van der Waals surface area contributed by atoms with Crippen LogP contribution in [0, 0.1) is 33.1 Å². The summed E-state index contributed by atoms with van der Waals surface area (Å²) in [5.41, 5.74) is 11.6. The number of aromatic nitrogens is 5. The van der Waals surface area contributed by atoms with E-state index < -0.39 is 35.4 Å². The maximum Gasteiger partial charge on any atom is 0.253 e. The summed E-state index contributed by atoms with van der Waals surface area (Å²) in [4.78, 5) is 79.9. The van der Waals surface area contributed by atoms with Gasteiger partial charge in [0.05, 0.1) is 60.8 Å². The number of thiazole rings is 1. The van der Waals surface area contributed by atoms with Crippen LogP contribution in [0.3, 0.4) is 0 Å². The molecule has 3 aromatic carbocycles. The maximum absolute atomic E-state index is 14.1. The number of ether oxygens (including phenoxy) is 3. The van der Waals surface area contributed by atoms with Crippen molar-refractivity contribution < 1.29 is 38.5 Å². The van der Waals surface area contributed by atoms with Crippen molar-refractivity contribution >= 4 is 40.7 Å². The first kappa shape index (κ1) is 59.0. The van der Waals surface area contributed by atoms with Crippen molar-refractivity contribution in [3.8, 4) is 32.8 Å². The molecule has 0 unspecified atom stereocenters. The van der Waals surface area contributed by atoms with Crippen molar-refractivity contribution in [1.29, 1.82) is 0 Å². The lowest BCUT2D eigenvalue weighted by Gasteiger charge is -2.37. The SMILES string of the molecule is CCN(c1cc(-c2ccc(-c3cn(CCOCCOCC(=O)N[C@H](C(=O)N4C[C@H](O)C[C@H]4C(=O)N[C@@H](C)c4ccc(-c5scnc5C)cc4)C(C)(C)C)nn3)cc2)cc(C(=O)NCc2c(C)cc(C)[nH]c2=O)c1C)C1CCOCC1. The van der Waals surface area contributed by atoms with E-state index in [2.05, 4.69) is 54.1 Å². The molecule has 19 nitrogen and oxygen atoms in total. The fraction of sp³-hybridized carbons (Fsp3) is 0.467. The van der Waals surface area contributed by atoms with Crippen LogP contribution in [0.2, 0.25) is 0 Å². The van der Waals surface area contributed by atoms with Crippen molar-refractivity contribution in [3.05, 3.63) is 128 Å². The second-order valence-electron chi connectivity index (χ2n) is 21.9. The highest BCUT2D eigenvalue weighted by molar-refractivity contribution is 7.13. The number of aryl methyl sites for hydroxylation is 3. The van der Waals surface area contributed by atoms with Crippen molar-refractivity contribution in [3.63, 3.8) is 0 Å². The minimum absolute atomic E-state index is 0.0355. The van der Waals surface area contributed by atoms with E-state index in [1.165, 1.54) is 4.90 Å². The molecular weight excluding hydrogens is 1040 g/mol. The molecule has 2 saturated heterocycles. The van der Waals surface area contributed by atoms with Crippen molar-refractivity contribution in [2.45, 2.75) is 125 Å². The number of β-amino-alcohol motifs (C(OH)–C–C–N with tert-alkyl or cyclic N) is 1. The Bertz CT molecular complexity index is 3180. The molecule has 0 bridgehead atoms. The summed E-state index contributed by atoms with van der Waals surface area (Å²) in [5.74, 6) is -1.60. The molecule has 2 aliphatic heterocycles. The Balaban J connectivity index is 0.811. The Morgan fingerprint density at radius 3 is 2.29 bits per heavy atom. The zero-order valence-electron chi connectivity index (χ0n) is 47.4. The van der Waals surface area contributed by atoms with Gasteiger partial charge in [-0.05, 0) is 111 Å². The molecule has 426 valence electrons. The van der Waals surface area contributed by atoms with Crippen LogP contribution in [0.5, 0.6) is 0 Å². The van der Waals surface area contributed by atoms with Crippen LogP contribution in [0.1, 0.15) is 104 Å². The van der Waals surface area contributed by atoms with Crippen molar-refractivity contribution in [1.82, 2.24) is 45.8 Å². The van der Waals surface area contributed by atoms with Gasteiger partial charge in [0.15, 0.2) is 0 Å². The molecular formula is C60H76N10O9S. The Morgan fingerprint density at radius 1 is 0.912 bits per heavy atom. The highest BCUT2D eigenvalue weighted by Crippen LogP contribution is 2.35. The smallest absolute Gasteiger partial charge is 0.253 e. The predicted octanol–water partition coefficient (Wildman–Crippen LogP) is 7.00. The highest BCUT2D eigenvalue weighted by Gasteiger charge is 2.45. The predicted molar refractivity (Wildman–Crippen MR) is 308 cm³/mol. The Labute approximate surface area is 471 Å². The number of H-pyrrole nitrogens is 1. The second kappa shape index (κ2) is 26.4.